The minimum Gasteiger partial charge on any atom is -0.353 e. The van der Waals surface area contributed by atoms with E-state index >= 15 is 0 Å². The summed E-state index contributed by atoms with van der Waals surface area (Å²) in [5, 5.41) is 8.99. The Labute approximate surface area is 193 Å². The quantitative estimate of drug-likeness (QED) is 0.343. The zero-order valence-electron chi connectivity index (χ0n) is 17.7. The Bertz CT molecular complexity index is 1680. The number of rotatable bonds is 2. The lowest BCUT2D eigenvalue weighted by Gasteiger charge is -2.25. The first-order valence-electron chi connectivity index (χ1n) is 10.8. The fraction of sp³-hybridized carbons (Fsp3) is 0.200. The van der Waals surface area contributed by atoms with Gasteiger partial charge >= 0.3 is 0 Å². The molecule has 2 aliphatic heterocycles. The molecule has 2 aliphatic rings. The fourth-order valence-electron chi connectivity index (χ4n) is 5.94. The van der Waals surface area contributed by atoms with Crippen molar-refractivity contribution in [1.29, 1.82) is 0 Å². The van der Waals surface area contributed by atoms with E-state index in [-0.39, 0.29) is 24.1 Å². The van der Waals surface area contributed by atoms with Gasteiger partial charge < -0.3 is 14.9 Å². The third kappa shape index (κ3) is 2.46. The third-order valence-corrected chi connectivity index (χ3v) is 7.04. The molecule has 1 atom stereocenters. The lowest BCUT2D eigenvalue weighted by atomic mass is 9.93. The Kier molecular flexibility index (Phi) is 4.16. The topological polar surface area (TPSA) is 78.9 Å². The van der Waals surface area contributed by atoms with Gasteiger partial charge in [-0.25, -0.2) is 4.39 Å². The maximum absolute atomic E-state index is 14.0. The molecule has 7 rings (SSSR count). The second-order valence-corrected chi connectivity index (χ2v) is 8.87. The lowest BCUT2D eigenvalue weighted by molar-refractivity contribution is 0.0880. The molecule has 0 spiro atoms. The first-order valence-corrected chi connectivity index (χ1v) is 10.8. The van der Waals surface area contributed by atoms with Crippen LogP contribution in [0, 0.1) is 11.7 Å². The van der Waals surface area contributed by atoms with Crippen molar-refractivity contribution in [2.75, 3.05) is 13.6 Å². The molecular weight excluding hydrogens is 443 g/mol. The summed E-state index contributed by atoms with van der Waals surface area (Å²) in [6, 6.07) is 10.7. The second-order valence-electron chi connectivity index (χ2n) is 8.87. The summed E-state index contributed by atoms with van der Waals surface area (Å²) in [6.07, 6.45) is 0.947. The lowest BCUT2D eigenvalue weighted by Crippen LogP contribution is -2.28. The number of carbonyl (C=O) groups excluding carboxylic acids is 2. The normalized spacial score (nSPS) is 17.2. The molecule has 1 unspecified atom stereocenters. The second kappa shape index (κ2) is 6.79. The van der Waals surface area contributed by atoms with E-state index in [4.69, 9.17) is 0 Å². The van der Waals surface area contributed by atoms with E-state index in [2.05, 4.69) is 26.3 Å². The molecule has 0 saturated heterocycles. The van der Waals surface area contributed by atoms with E-state index in [1.54, 1.807) is 6.07 Å². The van der Waals surface area contributed by atoms with Crippen molar-refractivity contribution in [1.82, 2.24) is 20.2 Å². The molecule has 0 fully saturated rings. The number of halogens is 2. The maximum atomic E-state index is 14.0. The number of hydrogen-bond donors (Lipinski definition) is 3. The van der Waals surface area contributed by atoms with E-state index in [1.165, 1.54) is 17.7 Å². The van der Waals surface area contributed by atoms with E-state index in [0.717, 1.165) is 52.2 Å². The van der Waals surface area contributed by atoms with Crippen LogP contribution in [0.2, 0.25) is 0 Å². The van der Waals surface area contributed by atoms with Crippen molar-refractivity contribution >= 4 is 67.8 Å². The monoisotopic (exact) mass is 462 g/mol. The predicted molar refractivity (Wildman–Crippen MR) is 129 cm³/mol. The number of hydrogen-bond acceptors (Lipinski definition) is 3. The van der Waals surface area contributed by atoms with Crippen molar-refractivity contribution in [2.24, 2.45) is 5.92 Å². The van der Waals surface area contributed by atoms with Gasteiger partial charge in [0.05, 0.1) is 27.7 Å². The van der Waals surface area contributed by atoms with E-state index in [1.807, 2.05) is 19.2 Å². The number of imide groups is 1. The molecule has 2 aromatic heterocycles. The molecule has 33 heavy (non-hydrogen) atoms. The van der Waals surface area contributed by atoms with Crippen LogP contribution in [0.15, 0.2) is 36.4 Å². The van der Waals surface area contributed by atoms with Gasteiger partial charge in [-0.05, 0) is 49.7 Å². The Morgan fingerprint density at radius 3 is 2.64 bits per heavy atom. The SMILES string of the molecule is CNCC1Cc2cccc3c4c5c(c6c7ccc(F)cc7[nH]c6c4n(c23)C1)C(=O)NC5=O.Cl. The summed E-state index contributed by atoms with van der Waals surface area (Å²) in [7, 11) is 1.96. The molecule has 3 N–H and O–H groups in total. The summed E-state index contributed by atoms with van der Waals surface area (Å²) in [5.74, 6) is -0.726. The molecule has 6 nitrogen and oxygen atoms in total. The average molecular weight is 463 g/mol. The highest BCUT2D eigenvalue weighted by Gasteiger charge is 2.37. The van der Waals surface area contributed by atoms with Gasteiger partial charge in [0.1, 0.15) is 5.82 Å². The number of nitrogens with one attached hydrogen (secondary N) is 3. The summed E-state index contributed by atoms with van der Waals surface area (Å²) < 4.78 is 16.3. The molecule has 5 aromatic rings. The largest absolute Gasteiger partial charge is 0.353 e. The highest BCUT2D eigenvalue weighted by atomic mass is 35.5. The number of nitrogens with zero attached hydrogens (tertiary/aromatic N) is 1. The molecule has 166 valence electrons. The number of fused-ring (bicyclic) bond motifs is 10. The first kappa shape index (κ1) is 20.2. The average Bonchev–Trinajstić information content (AvgIpc) is 3.39. The van der Waals surface area contributed by atoms with Crippen molar-refractivity contribution in [3.8, 4) is 0 Å². The highest BCUT2D eigenvalue weighted by molar-refractivity contribution is 6.39. The fourth-order valence-corrected chi connectivity index (χ4v) is 5.94. The number of amides is 2. The molecule has 2 amide bonds. The van der Waals surface area contributed by atoms with Crippen LogP contribution in [0.1, 0.15) is 26.3 Å². The van der Waals surface area contributed by atoms with Gasteiger partial charge in [0.2, 0.25) is 0 Å². The summed E-state index contributed by atoms with van der Waals surface area (Å²) in [5.41, 5.74) is 5.45. The van der Waals surface area contributed by atoms with E-state index in [0.29, 0.717) is 27.9 Å². The smallest absolute Gasteiger partial charge is 0.259 e. The zero-order chi connectivity index (χ0) is 21.7. The van der Waals surface area contributed by atoms with E-state index in [9.17, 15) is 14.0 Å². The van der Waals surface area contributed by atoms with Gasteiger partial charge in [-0.1, -0.05) is 18.2 Å². The number of para-hydroxylation sites is 1. The van der Waals surface area contributed by atoms with Gasteiger partial charge in [-0.2, -0.15) is 0 Å². The molecule has 8 heteroatoms. The van der Waals surface area contributed by atoms with Crippen LogP contribution in [0.5, 0.6) is 0 Å². The van der Waals surface area contributed by atoms with Crippen LogP contribution in [-0.2, 0) is 13.0 Å². The number of H-pyrrole nitrogens is 1. The Balaban J connectivity index is 0.00000206. The summed E-state index contributed by atoms with van der Waals surface area (Å²) in [6.45, 7) is 1.67. The van der Waals surface area contributed by atoms with Gasteiger partial charge in [0.25, 0.3) is 11.8 Å². The Morgan fingerprint density at radius 1 is 1.06 bits per heavy atom. The van der Waals surface area contributed by atoms with Crippen molar-refractivity contribution < 1.29 is 14.0 Å². The molecule has 0 radical (unpaired) electrons. The van der Waals surface area contributed by atoms with Crippen LogP contribution in [0.3, 0.4) is 0 Å². The van der Waals surface area contributed by atoms with Crippen LogP contribution in [-0.4, -0.2) is 35.0 Å². The van der Waals surface area contributed by atoms with E-state index < -0.39 is 5.91 Å². The third-order valence-electron chi connectivity index (χ3n) is 7.04. The van der Waals surface area contributed by atoms with Crippen molar-refractivity contribution in [3.05, 3.63) is 58.9 Å². The number of benzene rings is 3. The zero-order valence-corrected chi connectivity index (χ0v) is 18.5. The maximum Gasteiger partial charge on any atom is 0.259 e. The van der Waals surface area contributed by atoms with Crippen LogP contribution in [0.4, 0.5) is 4.39 Å². The van der Waals surface area contributed by atoms with Crippen molar-refractivity contribution in [2.45, 2.75) is 13.0 Å². The highest BCUT2D eigenvalue weighted by Crippen LogP contribution is 2.45. The molecule has 0 saturated carbocycles. The molecule has 3 aromatic carbocycles. The number of aromatic nitrogens is 2. The molecule has 0 bridgehead atoms. The standard InChI is InChI=1S/C25H19FN4O2.ClH/c1-27-9-11-7-12-3-2-4-15-18-20-19(24(31)29-25(20)32)17-14-6-5-13(26)8-16(14)28-21(17)23(18)30(10-11)22(12)15;/h2-6,8,11,27-28H,7,9-10H2,1H3,(H,29,31,32);1H. The summed E-state index contributed by atoms with van der Waals surface area (Å²) in [4.78, 5) is 29.4. The van der Waals surface area contributed by atoms with Crippen LogP contribution >= 0.6 is 12.4 Å². The molecular formula is C25H20ClFN4O2. The first-order chi connectivity index (χ1) is 15.6. The predicted octanol–water partition coefficient (Wildman–Crippen LogP) is 4.27. The van der Waals surface area contributed by atoms with Gasteiger partial charge in [0.15, 0.2) is 0 Å². The van der Waals surface area contributed by atoms with Crippen molar-refractivity contribution in [3.63, 3.8) is 0 Å². The Morgan fingerprint density at radius 2 is 1.85 bits per heavy atom. The number of aromatic amines is 1. The molecule has 4 heterocycles. The van der Waals surface area contributed by atoms with Crippen LogP contribution in [0.25, 0.3) is 43.6 Å². The number of carbonyl (C=O) groups is 2. The Hall–Kier alpha value is -3.42. The molecule has 0 aliphatic carbocycles. The van der Waals surface area contributed by atoms with Gasteiger partial charge in [-0.15, -0.1) is 12.4 Å². The minimum atomic E-state index is -0.401. The minimum absolute atomic E-state index is 0. The van der Waals surface area contributed by atoms with Gasteiger partial charge in [-0.3, -0.25) is 14.9 Å². The summed E-state index contributed by atoms with van der Waals surface area (Å²) >= 11 is 0. The van der Waals surface area contributed by atoms with Gasteiger partial charge in [0, 0.05) is 33.6 Å². The van der Waals surface area contributed by atoms with Crippen LogP contribution < -0.4 is 10.6 Å².